The van der Waals surface area contributed by atoms with E-state index in [1.165, 1.54) is 0 Å². The van der Waals surface area contributed by atoms with Gasteiger partial charge in [-0.15, -0.1) is 6.58 Å². The summed E-state index contributed by atoms with van der Waals surface area (Å²) in [5.74, 6) is 2.23. The minimum atomic E-state index is 0.428. The maximum Gasteiger partial charge on any atom is 0.164 e. The van der Waals surface area contributed by atoms with Gasteiger partial charge in [0, 0.05) is 12.1 Å². The summed E-state index contributed by atoms with van der Waals surface area (Å²) in [6.45, 7) is 5.13. The fraction of sp³-hybridized carbons (Fsp3) is 0.263. The third-order valence-corrected chi connectivity index (χ3v) is 3.35. The Hall–Kier alpha value is -2.46. The first kappa shape index (κ1) is 16.9. The zero-order chi connectivity index (χ0) is 16.5. The van der Waals surface area contributed by atoms with Crippen LogP contribution in [0.5, 0.6) is 17.2 Å². The van der Waals surface area contributed by atoms with Crippen molar-refractivity contribution in [3.63, 3.8) is 0 Å². The summed E-state index contributed by atoms with van der Waals surface area (Å²) in [6.07, 6.45) is 2.53. The number of para-hydroxylation sites is 1. The molecule has 0 fully saturated rings. The van der Waals surface area contributed by atoms with Crippen molar-refractivity contribution in [1.29, 1.82) is 0 Å². The summed E-state index contributed by atoms with van der Waals surface area (Å²) in [5.41, 5.74) is 7.75. The topological polar surface area (TPSA) is 53.7 Å². The third kappa shape index (κ3) is 4.76. The van der Waals surface area contributed by atoms with Crippen molar-refractivity contribution in [2.24, 2.45) is 5.73 Å². The average molecular weight is 313 g/mol. The molecule has 0 radical (unpaired) electrons. The highest BCUT2D eigenvalue weighted by atomic mass is 16.5. The first-order valence-electron chi connectivity index (χ1n) is 7.60. The fourth-order valence-electron chi connectivity index (χ4n) is 2.28. The molecule has 0 bridgehead atoms. The first-order chi connectivity index (χ1) is 11.3. The zero-order valence-electron chi connectivity index (χ0n) is 13.5. The number of hydrogen-bond donors (Lipinski definition) is 1. The standard InChI is InChI=1S/C19H23NO3/c1-3-7-16-12-15(14-20)13-18(21-2)19(16)23-11-10-22-17-8-5-4-6-9-17/h3-6,8-9,12-13H,1,7,10-11,14,20H2,2H3. The Morgan fingerprint density at radius 3 is 2.48 bits per heavy atom. The number of rotatable bonds is 9. The lowest BCUT2D eigenvalue weighted by Crippen LogP contribution is -2.11. The van der Waals surface area contributed by atoms with Gasteiger partial charge in [-0.3, -0.25) is 0 Å². The van der Waals surface area contributed by atoms with Crippen LogP contribution in [0, 0.1) is 0 Å². The van der Waals surface area contributed by atoms with Crippen molar-refractivity contribution in [3.05, 3.63) is 66.2 Å². The van der Waals surface area contributed by atoms with Crippen LogP contribution >= 0.6 is 0 Å². The highest BCUT2D eigenvalue weighted by molar-refractivity contribution is 5.50. The SMILES string of the molecule is C=CCc1cc(CN)cc(OC)c1OCCOc1ccccc1. The lowest BCUT2D eigenvalue weighted by Gasteiger charge is -2.16. The number of benzene rings is 2. The molecule has 0 saturated carbocycles. The van der Waals surface area contributed by atoms with E-state index in [0.717, 1.165) is 22.6 Å². The van der Waals surface area contributed by atoms with E-state index in [1.54, 1.807) is 7.11 Å². The third-order valence-electron chi connectivity index (χ3n) is 3.35. The minimum absolute atomic E-state index is 0.428. The van der Waals surface area contributed by atoms with Crippen LogP contribution in [0.4, 0.5) is 0 Å². The molecule has 2 aromatic carbocycles. The second kappa shape index (κ2) is 8.86. The van der Waals surface area contributed by atoms with Crippen LogP contribution in [0.1, 0.15) is 11.1 Å². The van der Waals surface area contributed by atoms with Gasteiger partial charge in [0.2, 0.25) is 0 Å². The normalized spacial score (nSPS) is 10.2. The summed E-state index contributed by atoms with van der Waals surface area (Å²) in [6, 6.07) is 13.6. The molecule has 0 amide bonds. The van der Waals surface area contributed by atoms with Gasteiger partial charge in [0.25, 0.3) is 0 Å². The molecule has 2 aromatic rings. The van der Waals surface area contributed by atoms with E-state index >= 15 is 0 Å². The quantitative estimate of drug-likeness (QED) is 0.570. The molecule has 4 nitrogen and oxygen atoms in total. The van der Waals surface area contributed by atoms with E-state index in [9.17, 15) is 0 Å². The average Bonchev–Trinajstić information content (AvgIpc) is 2.60. The van der Waals surface area contributed by atoms with Crippen molar-refractivity contribution in [2.45, 2.75) is 13.0 Å². The first-order valence-corrected chi connectivity index (χ1v) is 7.60. The monoisotopic (exact) mass is 313 g/mol. The van der Waals surface area contributed by atoms with E-state index in [0.29, 0.717) is 31.9 Å². The maximum absolute atomic E-state index is 5.89. The second-order valence-electron chi connectivity index (χ2n) is 4.99. The van der Waals surface area contributed by atoms with E-state index in [2.05, 4.69) is 6.58 Å². The Balaban J connectivity index is 2.03. The Bertz CT molecular complexity index is 626. The molecule has 0 atom stereocenters. The Labute approximate surface area is 137 Å². The minimum Gasteiger partial charge on any atom is -0.493 e. The van der Waals surface area contributed by atoms with Gasteiger partial charge in [-0.05, 0) is 30.2 Å². The van der Waals surface area contributed by atoms with E-state index in [-0.39, 0.29) is 0 Å². The number of ether oxygens (including phenoxy) is 3. The Morgan fingerprint density at radius 1 is 1.09 bits per heavy atom. The molecule has 122 valence electrons. The van der Waals surface area contributed by atoms with Crippen LogP contribution < -0.4 is 19.9 Å². The van der Waals surface area contributed by atoms with E-state index in [1.807, 2.05) is 48.5 Å². The number of nitrogens with two attached hydrogens (primary N) is 1. The summed E-state index contributed by atoms with van der Waals surface area (Å²) < 4.78 is 17.0. The summed E-state index contributed by atoms with van der Waals surface area (Å²) >= 11 is 0. The highest BCUT2D eigenvalue weighted by Gasteiger charge is 2.12. The largest absolute Gasteiger partial charge is 0.493 e. The summed E-state index contributed by atoms with van der Waals surface area (Å²) in [4.78, 5) is 0. The molecule has 23 heavy (non-hydrogen) atoms. The molecule has 0 aliphatic rings. The smallest absolute Gasteiger partial charge is 0.164 e. The van der Waals surface area contributed by atoms with Crippen LogP contribution in [0.3, 0.4) is 0 Å². The molecule has 2 rings (SSSR count). The molecular weight excluding hydrogens is 290 g/mol. The van der Waals surface area contributed by atoms with Gasteiger partial charge in [0.15, 0.2) is 11.5 Å². The van der Waals surface area contributed by atoms with Crippen LogP contribution in [-0.4, -0.2) is 20.3 Å². The summed E-state index contributed by atoms with van der Waals surface area (Å²) in [7, 11) is 1.63. The molecule has 0 spiro atoms. The predicted molar refractivity (Wildman–Crippen MR) is 92.2 cm³/mol. The van der Waals surface area contributed by atoms with Gasteiger partial charge in [-0.1, -0.05) is 30.3 Å². The number of methoxy groups -OCH3 is 1. The summed E-state index contributed by atoms with van der Waals surface area (Å²) in [5, 5.41) is 0. The molecule has 2 N–H and O–H groups in total. The van der Waals surface area contributed by atoms with Gasteiger partial charge in [0.05, 0.1) is 7.11 Å². The van der Waals surface area contributed by atoms with Gasteiger partial charge in [-0.25, -0.2) is 0 Å². The van der Waals surface area contributed by atoms with Gasteiger partial charge >= 0.3 is 0 Å². The molecular formula is C19H23NO3. The molecule has 0 aromatic heterocycles. The lowest BCUT2D eigenvalue weighted by molar-refractivity contribution is 0.210. The molecule has 0 aliphatic carbocycles. The van der Waals surface area contributed by atoms with Crippen molar-refractivity contribution in [3.8, 4) is 17.2 Å². The predicted octanol–water partition coefficient (Wildman–Crippen LogP) is 3.34. The van der Waals surface area contributed by atoms with Crippen LogP contribution in [0.2, 0.25) is 0 Å². The van der Waals surface area contributed by atoms with Gasteiger partial charge in [-0.2, -0.15) is 0 Å². The molecule has 4 heteroatoms. The van der Waals surface area contributed by atoms with Crippen LogP contribution in [0.25, 0.3) is 0 Å². The lowest BCUT2D eigenvalue weighted by atomic mass is 10.1. The second-order valence-corrected chi connectivity index (χ2v) is 4.99. The van der Waals surface area contributed by atoms with E-state index < -0.39 is 0 Å². The molecule has 0 unspecified atom stereocenters. The maximum atomic E-state index is 5.89. The number of allylic oxidation sites excluding steroid dienone is 1. The van der Waals surface area contributed by atoms with Crippen molar-refractivity contribution < 1.29 is 14.2 Å². The van der Waals surface area contributed by atoms with Gasteiger partial charge in [0.1, 0.15) is 19.0 Å². The zero-order valence-corrected chi connectivity index (χ0v) is 13.5. The Kier molecular flexibility index (Phi) is 6.51. The van der Waals surface area contributed by atoms with Crippen molar-refractivity contribution in [1.82, 2.24) is 0 Å². The number of hydrogen-bond acceptors (Lipinski definition) is 4. The van der Waals surface area contributed by atoms with Crippen LogP contribution in [0.15, 0.2) is 55.1 Å². The van der Waals surface area contributed by atoms with Crippen molar-refractivity contribution >= 4 is 0 Å². The van der Waals surface area contributed by atoms with Crippen LogP contribution in [-0.2, 0) is 13.0 Å². The van der Waals surface area contributed by atoms with Crippen molar-refractivity contribution in [2.75, 3.05) is 20.3 Å². The highest BCUT2D eigenvalue weighted by Crippen LogP contribution is 2.33. The Morgan fingerprint density at radius 2 is 1.83 bits per heavy atom. The fourth-order valence-corrected chi connectivity index (χ4v) is 2.28. The molecule has 0 heterocycles. The molecule has 0 saturated heterocycles. The molecule has 0 aliphatic heterocycles. The van der Waals surface area contributed by atoms with E-state index in [4.69, 9.17) is 19.9 Å². The van der Waals surface area contributed by atoms with Gasteiger partial charge < -0.3 is 19.9 Å².